The summed E-state index contributed by atoms with van der Waals surface area (Å²) in [6.45, 7) is 0.192. The summed E-state index contributed by atoms with van der Waals surface area (Å²) in [5.74, 6) is 0.969. The van der Waals surface area contributed by atoms with E-state index in [0.29, 0.717) is 0 Å². The molecule has 1 aromatic heterocycles. The molecule has 0 fully saturated rings. The summed E-state index contributed by atoms with van der Waals surface area (Å²) >= 11 is 1.71. The molecule has 1 atom stereocenters. The van der Waals surface area contributed by atoms with Crippen molar-refractivity contribution in [3.8, 4) is 0 Å². The third-order valence-electron chi connectivity index (χ3n) is 2.10. The lowest BCUT2D eigenvalue weighted by atomic mass is 10.2. The number of imidazole rings is 1. The minimum absolute atomic E-state index is 0.192. The van der Waals surface area contributed by atoms with Crippen molar-refractivity contribution in [3.63, 3.8) is 0 Å². The van der Waals surface area contributed by atoms with Gasteiger partial charge in [0.2, 0.25) is 0 Å². The molecule has 2 N–H and O–H groups in total. The lowest BCUT2D eigenvalue weighted by Gasteiger charge is -2.11. The second-order valence-corrected chi connectivity index (χ2v) is 4.19. The van der Waals surface area contributed by atoms with Crippen molar-refractivity contribution in [2.24, 2.45) is 7.05 Å². The smallest absolute Gasteiger partial charge is 0.167 e. The summed E-state index contributed by atoms with van der Waals surface area (Å²) in [4.78, 5) is 4.21. The SMILES string of the molecule is CNC(CO)CCSc1nccn1C. The van der Waals surface area contributed by atoms with Gasteiger partial charge in [-0.05, 0) is 13.5 Å². The summed E-state index contributed by atoms with van der Waals surface area (Å²) in [5.41, 5.74) is 0. The monoisotopic (exact) mass is 215 g/mol. The molecule has 14 heavy (non-hydrogen) atoms. The van der Waals surface area contributed by atoms with E-state index in [4.69, 9.17) is 5.11 Å². The Bertz CT molecular complexity index is 260. The molecule has 1 rings (SSSR count). The second kappa shape index (κ2) is 6.06. The van der Waals surface area contributed by atoms with Gasteiger partial charge in [-0.2, -0.15) is 0 Å². The fourth-order valence-corrected chi connectivity index (χ4v) is 2.10. The van der Waals surface area contributed by atoms with E-state index in [1.54, 1.807) is 18.0 Å². The molecular formula is C9H17N3OS. The zero-order valence-corrected chi connectivity index (χ0v) is 9.42. The summed E-state index contributed by atoms with van der Waals surface area (Å²) in [6, 6.07) is 0.197. The molecule has 1 heterocycles. The van der Waals surface area contributed by atoms with E-state index in [1.807, 2.05) is 24.9 Å². The number of aliphatic hydroxyl groups is 1. The first-order valence-corrected chi connectivity index (χ1v) is 5.64. The predicted molar refractivity (Wildman–Crippen MR) is 58.5 cm³/mol. The quantitative estimate of drug-likeness (QED) is 0.678. The van der Waals surface area contributed by atoms with Gasteiger partial charge in [-0.25, -0.2) is 4.98 Å². The third kappa shape index (κ3) is 3.32. The van der Waals surface area contributed by atoms with Crippen molar-refractivity contribution < 1.29 is 5.11 Å². The minimum atomic E-state index is 0.192. The fraction of sp³-hybridized carbons (Fsp3) is 0.667. The van der Waals surface area contributed by atoms with Crippen molar-refractivity contribution in [1.29, 1.82) is 0 Å². The van der Waals surface area contributed by atoms with Gasteiger partial charge in [0.15, 0.2) is 5.16 Å². The number of hydrogen-bond acceptors (Lipinski definition) is 4. The Kier molecular flexibility index (Phi) is 5.00. The number of aromatic nitrogens is 2. The van der Waals surface area contributed by atoms with Crippen molar-refractivity contribution >= 4 is 11.8 Å². The maximum atomic E-state index is 8.95. The van der Waals surface area contributed by atoms with Crippen LogP contribution in [0.15, 0.2) is 17.6 Å². The number of rotatable bonds is 6. The van der Waals surface area contributed by atoms with Crippen LogP contribution in [-0.2, 0) is 7.05 Å². The van der Waals surface area contributed by atoms with Crippen LogP contribution in [0.4, 0.5) is 0 Å². The van der Waals surface area contributed by atoms with Crippen LogP contribution in [0.25, 0.3) is 0 Å². The van der Waals surface area contributed by atoms with Gasteiger partial charge in [-0.3, -0.25) is 0 Å². The number of thioether (sulfide) groups is 1. The van der Waals surface area contributed by atoms with Crippen molar-refractivity contribution in [3.05, 3.63) is 12.4 Å². The fourth-order valence-electron chi connectivity index (χ4n) is 1.11. The van der Waals surface area contributed by atoms with Crippen LogP contribution < -0.4 is 5.32 Å². The zero-order chi connectivity index (χ0) is 10.4. The molecule has 0 aliphatic heterocycles. The molecular weight excluding hydrogens is 198 g/mol. The van der Waals surface area contributed by atoms with Gasteiger partial charge < -0.3 is 15.0 Å². The number of likely N-dealkylation sites (N-methyl/N-ethyl adjacent to an activating group) is 1. The normalized spacial score (nSPS) is 13.1. The maximum Gasteiger partial charge on any atom is 0.167 e. The van der Waals surface area contributed by atoms with Gasteiger partial charge in [0.1, 0.15) is 0 Å². The molecule has 0 amide bonds. The van der Waals surface area contributed by atoms with Gasteiger partial charge in [0.25, 0.3) is 0 Å². The van der Waals surface area contributed by atoms with Crippen LogP contribution in [0.2, 0.25) is 0 Å². The maximum absolute atomic E-state index is 8.95. The van der Waals surface area contributed by atoms with Crippen molar-refractivity contribution in [2.45, 2.75) is 17.6 Å². The molecule has 0 radical (unpaired) electrons. The molecule has 0 bridgehead atoms. The molecule has 0 saturated heterocycles. The first-order valence-electron chi connectivity index (χ1n) is 4.66. The van der Waals surface area contributed by atoms with Crippen LogP contribution in [-0.4, -0.2) is 40.1 Å². The van der Waals surface area contributed by atoms with Crippen LogP contribution in [0, 0.1) is 0 Å². The van der Waals surface area contributed by atoms with E-state index in [-0.39, 0.29) is 12.6 Å². The van der Waals surface area contributed by atoms with Crippen LogP contribution in [0.3, 0.4) is 0 Å². The molecule has 80 valence electrons. The molecule has 1 unspecified atom stereocenters. The Morgan fingerprint density at radius 2 is 2.50 bits per heavy atom. The summed E-state index contributed by atoms with van der Waals surface area (Å²) in [5, 5.41) is 13.0. The number of nitrogens with one attached hydrogen (secondary N) is 1. The average Bonchev–Trinajstić information content (AvgIpc) is 2.59. The molecule has 0 aliphatic carbocycles. The summed E-state index contributed by atoms with van der Waals surface area (Å²) in [6.07, 6.45) is 4.68. The van der Waals surface area contributed by atoms with Gasteiger partial charge in [0.05, 0.1) is 6.61 Å². The van der Waals surface area contributed by atoms with Crippen LogP contribution >= 0.6 is 11.8 Å². The van der Waals surface area contributed by atoms with Crippen molar-refractivity contribution in [2.75, 3.05) is 19.4 Å². The Labute approximate surface area is 88.7 Å². The molecule has 0 spiro atoms. The Balaban J connectivity index is 2.24. The first-order chi connectivity index (χ1) is 6.77. The van der Waals surface area contributed by atoms with Crippen LogP contribution in [0.5, 0.6) is 0 Å². The number of aryl methyl sites for hydroxylation is 1. The molecule has 0 aliphatic rings. The van der Waals surface area contributed by atoms with Crippen molar-refractivity contribution in [1.82, 2.24) is 14.9 Å². The highest BCUT2D eigenvalue weighted by atomic mass is 32.2. The van der Waals surface area contributed by atoms with Gasteiger partial charge in [0, 0.05) is 31.2 Å². The van der Waals surface area contributed by atoms with Gasteiger partial charge >= 0.3 is 0 Å². The third-order valence-corrected chi connectivity index (χ3v) is 3.19. The lowest BCUT2D eigenvalue weighted by Crippen LogP contribution is -2.29. The first kappa shape index (κ1) is 11.6. The van der Waals surface area contributed by atoms with E-state index < -0.39 is 0 Å². The number of hydrogen-bond donors (Lipinski definition) is 2. The summed E-state index contributed by atoms with van der Waals surface area (Å²) in [7, 11) is 3.85. The van der Waals surface area contributed by atoms with E-state index in [2.05, 4.69) is 10.3 Å². The molecule has 5 heteroatoms. The lowest BCUT2D eigenvalue weighted by molar-refractivity contribution is 0.246. The van der Waals surface area contributed by atoms with Gasteiger partial charge in [-0.15, -0.1) is 0 Å². The predicted octanol–water partition coefficient (Wildman–Crippen LogP) is 0.483. The molecule has 4 nitrogen and oxygen atoms in total. The highest BCUT2D eigenvalue weighted by Crippen LogP contribution is 2.15. The van der Waals surface area contributed by atoms with E-state index >= 15 is 0 Å². The second-order valence-electron chi connectivity index (χ2n) is 3.13. The van der Waals surface area contributed by atoms with E-state index in [9.17, 15) is 0 Å². The highest BCUT2D eigenvalue weighted by molar-refractivity contribution is 7.99. The minimum Gasteiger partial charge on any atom is -0.395 e. The van der Waals surface area contributed by atoms with E-state index in [1.165, 1.54) is 0 Å². The highest BCUT2D eigenvalue weighted by Gasteiger charge is 2.05. The summed E-state index contributed by atoms with van der Waals surface area (Å²) < 4.78 is 2.00. The number of aliphatic hydroxyl groups excluding tert-OH is 1. The Morgan fingerprint density at radius 3 is 3.00 bits per heavy atom. The topological polar surface area (TPSA) is 50.1 Å². The number of nitrogens with zero attached hydrogens (tertiary/aromatic N) is 2. The average molecular weight is 215 g/mol. The molecule has 0 saturated carbocycles. The Hall–Kier alpha value is -0.520. The largest absolute Gasteiger partial charge is 0.395 e. The van der Waals surface area contributed by atoms with Gasteiger partial charge in [-0.1, -0.05) is 11.8 Å². The Morgan fingerprint density at radius 1 is 1.71 bits per heavy atom. The van der Waals surface area contributed by atoms with E-state index in [0.717, 1.165) is 17.3 Å². The molecule has 0 aromatic carbocycles. The molecule has 1 aromatic rings. The standard InChI is InChI=1S/C9H17N3OS/c1-10-8(7-13)3-6-14-9-11-4-5-12(9)2/h4-5,8,10,13H,3,6-7H2,1-2H3. The van der Waals surface area contributed by atoms with Crippen LogP contribution in [0.1, 0.15) is 6.42 Å². The zero-order valence-electron chi connectivity index (χ0n) is 8.60.